The summed E-state index contributed by atoms with van der Waals surface area (Å²) >= 11 is 0. The first-order valence-electron chi connectivity index (χ1n) is 9.09. The summed E-state index contributed by atoms with van der Waals surface area (Å²) in [6.07, 6.45) is 5.31. The van der Waals surface area contributed by atoms with Gasteiger partial charge in [0.15, 0.2) is 11.5 Å². The number of piperidine rings is 1. The second kappa shape index (κ2) is 7.48. The first-order chi connectivity index (χ1) is 12.8. The number of anilines is 2. The van der Waals surface area contributed by atoms with Gasteiger partial charge in [-0.05, 0) is 44.7 Å². The van der Waals surface area contributed by atoms with E-state index >= 15 is 0 Å². The molecule has 1 aliphatic rings. The summed E-state index contributed by atoms with van der Waals surface area (Å²) in [6.45, 7) is 8.43. The van der Waals surface area contributed by atoms with Crippen LogP contribution in [0.5, 0.6) is 5.75 Å². The van der Waals surface area contributed by atoms with Gasteiger partial charge in [-0.3, -0.25) is 10.4 Å². The molecular formula is C19H27N7O. The fourth-order valence-corrected chi connectivity index (χ4v) is 3.09. The summed E-state index contributed by atoms with van der Waals surface area (Å²) in [5.74, 6) is 1.34. The van der Waals surface area contributed by atoms with Gasteiger partial charge in [0, 0.05) is 30.5 Å². The summed E-state index contributed by atoms with van der Waals surface area (Å²) in [7, 11) is 0. The fourth-order valence-electron chi connectivity index (χ4n) is 3.09. The minimum atomic E-state index is -0.130. The standard InChI is InChI=1S/C19H27N7O/c1-12-13(2)23-7-4-14(12)27-18(22)16-17(21)25-15(10-24-16)26-8-5-19(3,11-20)6-9-26/h4,7,10,22H,5-6,8-9,11,20H2,1-3H3,(H2,21,25). The van der Waals surface area contributed by atoms with Crippen molar-refractivity contribution in [3.05, 3.63) is 35.4 Å². The number of hydrogen-bond donors (Lipinski definition) is 3. The van der Waals surface area contributed by atoms with Crippen LogP contribution in [0.4, 0.5) is 11.6 Å². The molecule has 2 aromatic heterocycles. The molecule has 27 heavy (non-hydrogen) atoms. The largest absolute Gasteiger partial charge is 0.437 e. The average Bonchev–Trinajstić information content (AvgIpc) is 2.66. The molecule has 3 rings (SSSR count). The van der Waals surface area contributed by atoms with Crippen LogP contribution in [0.2, 0.25) is 0 Å². The van der Waals surface area contributed by atoms with Crippen LogP contribution in [0.1, 0.15) is 36.7 Å². The molecule has 0 unspecified atom stereocenters. The van der Waals surface area contributed by atoms with E-state index in [-0.39, 0.29) is 22.8 Å². The van der Waals surface area contributed by atoms with Gasteiger partial charge in [-0.2, -0.15) is 0 Å². The van der Waals surface area contributed by atoms with Crippen molar-refractivity contribution in [2.75, 3.05) is 30.3 Å². The van der Waals surface area contributed by atoms with Gasteiger partial charge in [-0.15, -0.1) is 0 Å². The Kier molecular flexibility index (Phi) is 5.27. The highest BCUT2D eigenvalue weighted by atomic mass is 16.5. The number of nitrogen functional groups attached to an aromatic ring is 1. The highest BCUT2D eigenvalue weighted by Gasteiger charge is 2.29. The molecule has 8 heteroatoms. The Hall–Kier alpha value is -2.74. The number of aromatic nitrogens is 3. The maximum atomic E-state index is 8.21. The molecule has 8 nitrogen and oxygen atoms in total. The summed E-state index contributed by atoms with van der Waals surface area (Å²) in [5.41, 5.74) is 14.1. The van der Waals surface area contributed by atoms with Crippen LogP contribution in [-0.4, -0.2) is 40.5 Å². The summed E-state index contributed by atoms with van der Waals surface area (Å²) in [4.78, 5) is 15.1. The molecule has 1 aliphatic heterocycles. The molecule has 1 fully saturated rings. The average molecular weight is 369 g/mol. The van der Waals surface area contributed by atoms with Crippen molar-refractivity contribution in [2.24, 2.45) is 11.1 Å². The second-order valence-corrected chi connectivity index (χ2v) is 7.41. The molecule has 0 aromatic carbocycles. The molecule has 2 aromatic rings. The third-order valence-corrected chi connectivity index (χ3v) is 5.41. The SMILES string of the molecule is Cc1nccc(OC(=N)c2ncc(N3CCC(C)(CN)CC3)nc2N)c1C. The summed E-state index contributed by atoms with van der Waals surface area (Å²) in [5, 5.41) is 8.21. The molecule has 0 spiro atoms. The van der Waals surface area contributed by atoms with Crippen molar-refractivity contribution < 1.29 is 4.74 Å². The van der Waals surface area contributed by atoms with Crippen LogP contribution >= 0.6 is 0 Å². The van der Waals surface area contributed by atoms with Crippen LogP contribution < -0.4 is 21.1 Å². The predicted octanol–water partition coefficient (Wildman–Crippen LogP) is 2.04. The van der Waals surface area contributed by atoms with Crippen LogP contribution in [0, 0.1) is 24.7 Å². The van der Waals surface area contributed by atoms with Gasteiger partial charge in [0.25, 0.3) is 0 Å². The summed E-state index contributed by atoms with van der Waals surface area (Å²) in [6, 6.07) is 1.72. The first kappa shape index (κ1) is 19.0. The van der Waals surface area contributed by atoms with Crippen molar-refractivity contribution in [3.63, 3.8) is 0 Å². The zero-order valence-corrected chi connectivity index (χ0v) is 16.1. The quantitative estimate of drug-likeness (QED) is 0.556. The van der Waals surface area contributed by atoms with Gasteiger partial charge >= 0.3 is 0 Å². The van der Waals surface area contributed by atoms with E-state index in [0.29, 0.717) is 12.3 Å². The van der Waals surface area contributed by atoms with E-state index in [1.165, 1.54) is 0 Å². The van der Waals surface area contributed by atoms with Crippen molar-refractivity contribution in [1.82, 2.24) is 15.0 Å². The molecule has 0 saturated carbocycles. The number of nitrogens with zero attached hydrogens (tertiary/aromatic N) is 4. The predicted molar refractivity (Wildman–Crippen MR) is 106 cm³/mol. The molecular weight excluding hydrogens is 342 g/mol. The minimum Gasteiger partial charge on any atom is -0.437 e. The van der Waals surface area contributed by atoms with E-state index in [0.717, 1.165) is 43.0 Å². The molecule has 0 radical (unpaired) electrons. The maximum absolute atomic E-state index is 8.21. The smallest absolute Gasteiger partial charge is 0.241 e. The Morgan fingerprint density at radius 1 is 1.30 bits per heavy atom. The second-order valence-electron chi connectivity index (χ2n) is 7.41. The molecule has 0 amide bonds. The number of nitrogens with two attached hydrogens (primary N) is 2. The lowest BCUT2D eigenvalue weighted by molar-refractivity contribution is 0.258. The molecule has 5 N–H and O–H groups in total. The molecule has 1 saturated heterocycles. The lowest BCUT2D eigenvalue weighted by Crippen LogP contribution is -2.42. The first-order valence-corrected chi connectivity index (χ1v) is 9.09. The third kappa shape index (κ3) is 4.00. The summed E-state index contributed by atoms with van der Waals surface area (Å²) < 4.78 is 5.65. The van der Waals surface area contributed by atoms with Gasteiger partial charge in [-0.1, -0.05) is 6.92 Å². The van der Waals surface area contributed by atoms with Gasteiger partial charge in [-0.25, -0.2) is 9.97 Å². The van der Waals surface area contributed by atoms with E-state index in [2.05, 4.69) is 26.8 Å². The Morgan fingerprint density at radius 3 is 2.63 bits per heavy atom. The highest BCUT2D eigenvalue weighted by molar-refractivity contribution is 5.95. The maximum Gasteiger partial charge on any atom is 0.241 e. The number of hydrogen-bond acceptors (Lipinski definition) is 8. The van der Waals surface area contributed by atoms with Crippen LogP contribution in [0.25, 0.3) is 0 Å². The zero-order valence-electron chi connectivity index (χ0n) is 16.1. The number of ether oxygens (including phenoxy) is 1. The molecule has 3 heterocycles. The lowest BCUT2D eigenvalue weighted by atomic mass is 9.80. The number of pyridine rings is 1. The number of rotatable bonds is 4. The van der Waals surface area contributed by atoms with Crippen LogP contribution in [0.15, 0.2) is 18.5 Å². The Morgan fingerprint density at radius 2 is 2.00 bits per heavy atom. The normalized spacial score (nSPS) is 16.2. The minimum absolute atomic E-state index is 0.130. The molecule has 0 bridgehead atoms. The van der Waals surface area contributed by atoms with Crippen molar-refractivity contribution in [3.8, 4) is 5.75 Å². The molecule has 144 valence electrons. The monoisotopic (exact) mass is 369 g/mol. The van der Waals surface area contributed by atoms with Gasteiger partial charge < -0.3 is 21.1 Å². The van der Waals surface area contributed by atoms with E-state index < -0.39 is 0 Å². The van der Waals surface area contributed by atoms with E-state index in [1.807, 2.05) is 13.8 Å². The Bertz CT molecular complexity index is 844. The van der Waals surface area contributed by atoms with Crippen molar-refractivity contribution in [2.45, 2.75) is 33.6 Å². The van der Waals surface area contributed by atoms with Gasteiger partial charge in [0.1, 0.15) is 11.6 Å². The highest BCUT2D eigenvalue weighted by Crippen LogP contribution is 2.31. The molecule has 0 atom stereocenters. The fraction of sp³-hybridized carbons (Fsp3) is 0.474. The van der Waals surface area contributed by atoms with E-state index in [9.17, 15) is 0 Å². The third-order valence-electron chi connectivity index (χ3n) is 5.41. The van der Waals surface area contributed by atoms with Crippen molar-refractivity contribution >= 4 is 17.5 Å². The zero-order chi connectivity index (χ0) is 19.6. The number of nitrogens with one attached hydrogen (secondary N) is 1. The van der Waals surface area contributed by atoms with Crippen LogP contribution in [0.3, 0.4) is 0 Å². The Balaban J connectivity index is 1.73. The van der Waals surface area contributed by atoms with E-state index in [4.69, 9.17) is 21.6 Å². The topological polar surface area (TPSA) is 127 Å². The van der Waals surface area contributed by atoms with Gasteiger partial charge in [0.2, 0.25) is 5.90 Å². The van der Waals surface area contributed by atoms with E-state index in [1.54, 1.807) is 18.5 Å². The lowest BCUT2D eigenvalue weighted by Gasteiger charge is -2.39. The van der Waals surface area contributed by atoms with Crippen molar-refractivity contribution in [1.29, 1.82) is 5.41 Å². The van der Waals surface area contributed by atoms with Gasteiger partial charge in [0.05, 0.1) is 6.20 Å². The molecule has 0 aliphatic carbocycles. The Labute approximate surface area is 159 Å². The van der Waals surface area contributed by atoms with Crippen LogP contribution in [-0.2, 0) is 0 Å². The number of aryl methyl sites for hydroxylation is 1.